The minimum atomic E-state index is -0.429. The molecular formula is C20H15ClN4O2. The first-order chi connectivity index (χ1) is 13.2. The van der Waals surface area contributed by atoms with Gasteiger partial charge in [-0.25, -0.2) is 14.8 Å². The second-order valence-electron chi connectivity index (χ2n) is 5.91. The molecule has 0 amide bonds. The molecule has 2 aromatic carbocycles. The van der Waals surface area contributed by atoms with Crippen molar-refractivity contribution in [1.82, 2.24) is 19.5 Å². The Morgan fingerprint density at radius 2 is 1.70 bits per heavy atom. The van der Waals surface area contributed by atoms with Gasteiger partial charge in [0, 0.05) is 0 Å². The van der Waals surface area contributed by atoms with Gasteiger partial charge in [0.05, 0.1) is 18.4 Å². The Hall–Kier alpha value is -3.25. The predicted molar refractivity (Wildman–Crippen MR) is 101 cm³/mol. The second-order valence-corrected chi connectivity index (χ2v) is 6.25. The standard InChI is InChI=1S/C20H15ClN4O2/c21-20-23-16(12-27-19(26)15-9-5-2-6-10-15)17-18(24-20)25(13-22-17)11-14-7-3-1-4-8-14/h1-10,13H,11-12H2. The van der Waals surface area contributed by atoms with E-state index < -0.39 is 5.97 Å². The molecule has 0 N–H and O–H groups in total. The van der Waals surface area contributed by atoms with Gasteiger partial charge in [0.25, 0.3) is 0 Å². The average molecular weight is 379 g/mol. The van der Waals surface area contributed by atoms with Crippen LogP contribution in [-0.2, 0) is 17.9 Å². The third-order valence-corrected chi connectivity index (χ3v) is 4.22. The van der Waals surface area contributed by atoms with E-state index >= 15 is 0 Å². The molecule has 134 valence electrons. The van der Waals surface area contributed by atoms with E-state index in [-0.39, 0.29) is 11.9 Å². The number of hydrogen-bond donors (Lipinski definition) is 0. The van der Waals surface area contributed by atoms with Crippen molar-refractivity contribution in [3.05, 3.63) is 89.1 Å². The molecule has 6 nitrogen and oxygen atoms in total. The van der Waals surface area contributed by atoms with E-state index in [1.807, 2.05) is 41.0 Å². The molecule has 0 aliphatic heterocycles. The summed E-state index contributed by atoms with van der Waals surface area (Å²) in [5.41, 5.74) is 3.23. The zero-order chi connectivity index (χ0) is 18.6. The van der Waals surface area contributed by atoms with Crippen LogP contribution in [0.15, 0.2) is 67.0 Å². The van der Waals surface area contributed by atoms with E-state index in [9.17, 15) is 4.79 Å². The van der Waals surface area contributed by atoms with Crippen LogP contribution in [0.4, 0.5) is 0 Å². The third kappa shape index (κ3) is 3.80. The van der Waals surface area contributed by atoms with E-state index in [1.54, 1.807) is 30.6 Å². The van der Waals surface area contributed by atoms with Gasteiger partial charge in [0.1, 0.15) is 17.8 Å². The number of benzene rings is 2. The molecule has 2 heterocycles. The summed E-state index contributed by atoms with van der Waals surface area (Å²) in [5.74, 6) is -0.429. The number of aromatic nitrogens is 4. The maximum Gasteiger partial charge on any atom is 0.338 e. The van der Waals surface area contributed by atoms with Gasteiger partial charge in [-0.15, -0.1) is 0 Å². The van der Waals surface area contributed by atoms with E-state index in [1.165, 1.54) is 0 Å². The van der Waals surface area contributed by atoms with Crippen LogP contribution in [0.5, 0.6) is 0 Å². The van der Waals surface area contributed by atoms with E-state index in [0.29, 0.717) is 29.0 Å². The number of halogens is 1. The fourth-order valence-electron chi connectivity index (χ4n) is 2.76. The molecule has 0 saturated carbocycles. The average Bonchev–Trinajstić information content (AvgIpc) is 3.10. The summed E-state index contributed by atoms with van der Waals surface area (Å²) < 4.78 is 7.26. The molecule has 0 aliphatic rings. The lowest BCUT2D eigenvalue weighted by atomic mass is 10.2. The van der Waals surface area contributed by atoms with Crippen molar-refractivity contribution in [2.24, 2.45) is 0 Å². The summed E-state index contributed by atoms with van der Waals surface area (Å²) in [6.07, 6.45) is 1.69. The van der Waals surface area contributed by atoms with Crippen LogP contribution in [0.2, 0.25) is 5.28 Å². The van der Waals surface area contributed by atoms with Crippen molar-refractivity contribution in [2.45, 2.75) is 13.2 Å². The molecule has 2 aromatic heterocycles. The summed E-state index contributed by atoms with van der Waals surface area (Å²) in [6, 6.07) is 18.8. The van der Waals surface area contributed by atoms with Crippen molar-refractivity contribution in [3.8, 4) is 0 Å². The second kappa shape index (κ2) is 7.55. The van der Waals surface area contributed by atoms with Gasteiger partial charge >= 0.3 is 5.97 Å². The van der Waals surface area contributed by atoms with Gasteiger partial charge in [-0.2, -0.15) is 4.98 Å². The fraction of sp³-hybridized carbons (Fsp3) is 0.100. The summed E-state index contributed by atoms with van der Waals surface area (Å²) in [6.45, 7) is 0.572. The summed E-state index contributed by atoms with van der Waals surface area (Å²) in [4.78, 5) is 25.0. The Labute approximate surface area is 160 Å². The third-order valence-electron chi connectivity index (χ3n) is 4.05. The SMILES string of the molecule is O=C(OCc1nc(Cl)nc2c1ncn2Cc1ccccc1)c1ccccc1. The van der Waals surface area contributed by atoms with Crippen LogP contribution in [0.3, 0.4) is 0 Å². The largest absolute Gasteiger partial charge is 0.455 e. The highest BCUT2D eigenvalue weighted by atomic mass is 35.5. The number of rotatable bonds is 5. The Bertz CT molecular complexity index is 1080. The van der Waals surface area contributed by atoms with Crippen LogP contribution in [0, 0.1) is 0 Å². The van der Waals surface area contributed by atoms with E-state index in [2.05, 4.69) is 15.0 Å². The minimum absolute atomic E-state index is 0.0329. The Kier molecular flexibility index (Phi) is 4.80. The molecule has 0 aliphatic carbocycles. The molecule has 0 fully saturated rings. The molecule has 4 aromatic rings. The number of esters is 1. The van der Waals surface area contributed by atoms with Crippen molar-refractivity contribution >= 4 is 28.7 Å². The van der Waals surface area contributed by atoms with Gasteiger partial charge in [-0.05, 0) is 29.3 Å². The summed E-state index contributed by atoms with van der Waals surface area (Å²) in [7, 11) is 0. The van der Waals surface area contributed by atoms with E-state index in [0.717, 1.165) is 5.56 Å². The Morgan fingerprint density at radius 1 is 1.00 bits per heavy atom. The first-order valence-electron chi connectivity index (χ1n) is 8.34. The Balaban J connectivity index is 1.59. The topological polar surface area (TPSA) is 69.9 Å². The monoisotopic (exact) mass is 378 g/mol. The van der Waals surface area contributed by atoms with Crippen LogP contribution in [-0.4, -0.2) is 25.5 Å². The molecular weight excluding hydrogens is 364 g/mol. The lowest BCUT2D eigenvalue weighted by Gasteiger charge is -2.07. The first-order valence-corrected chi connectivity index (χ1v) is 8.72. The smallest absolute Gasteiger partial charge is 0.338 e. The van der Waals surface area contributed by atoms with Gasteiger partial charge in [-0.1, -0.05) is 48.5 Å². The molecule has 4 rings (SSSR count). The lowest BCUT2D eigenvalue weighted by molar-refractivity contribution is 0.0469. The Morgan fingerprint density at radius 3 is 2.44 bits per heavy atom. The van der Waals surface area contributed by atoms with E-state index in [4.69, 9.17) is 16.3 Å². The molecule has 0 saturated heterocycles. The molecule has 27 heavy (non-hydrogen) atoms. The summed E-state index contributed by atoms with van der Waals surface area (Å²) in [5, 5.41) is 0.0862. The van der Waals surface area contributed by atoms with Crippen molar-refractivity contribution in [3.63, 3.8) is 0 Å². The maximum absolute atomic E-state index is 12.2. The van der Waals surface area contributed by atoms with Gasteiger partial charge in [0.15, 0.2) is 5.65 Å². The first kappa shape index (κ1) is 17.2. The highest BCUT2D eigenvalue weighted by Crippen LogP contribution is 2.19. The van der Waals surface area contributed by atoms with Gasteiger partial charge < -0.3 is 9.30 Å². The number of nitrogens with zero attached hydrogens (tertiary/aromatic N) is 4. The van der Waals surface area contributed by atoms with Crippen LogP contribution in [0.1, 0.15) is 21.6 Å². The highest BCUT2D eigenvalue weighted by Gasteiger charge is 2.15. The zero-order valence-electron chi connectivity index (χ0n) is 14.2. The number of ether oxygens (including phenoxy) is 1. The van der Waals surface area contributed by atoms with Crippen LogP contribution < -0.4 is 0 Å². The molecule has 0 radical (unpaired) electrons. The normalized spacial score (nSPS) is 10.9. The molecule has 0 unspecified atom stereocenters. The number of carbonyl (C=O) groups is 1. The highest BCUT2D eigenvalue weighted by molar-refractivity contribution is 6.28. The fourth-order valence-corrected chi connectivity index (χ4v) is 2.94. The maximum atomic E-state index is 12.2. The minimum Gasteiger partial charge on any atom is -0.455 e. The quantitative estimate of drug-likeness (QED) is 0.389. The summed E-state index contributed by atoms with van der Waals surface area (Å²) >= 11 is 6.08. The van der Waals surface area contributed by atoms with Crippen LogP contribution >= 0.6 is 11.6 Å². The lowest BCUT2D eigenvalue weighted by Crippen LogP contribution is -2.07. The predicted octanol–water partition coefficient (Wildman–Crippen LogP) is 3.89. The van der Waals surface area contributed by atoms with Crippen molar-refractivity contribution in [2.75, 3.05) is 0 Å². The van der Waals surface area contributed by atoms with Crippen LogP contribution in [0.25, 0.3) is 11.2 Å². The van der Waals surface area contributed by atoms with Crippen molar-refractivity contribution in [1.29, 1.82) is 0 Å². The van der Waals surface area contributed by atoms with Gasteiger partial charge in [-0.3, -0.25) is 0 Å². The molecule has 7 heteroatoms. The number of fused-ring (bicyclic) bond motifs is 1. The number of hydrogen-bond acceptors (Lipinski definition) is 5. The molecule has 0 bridgehead atoms. The molecule has 0 spiro atoms. The zero-order valence-corrected chi connectivity index (χ0v) is 15.0. The van der Waals surface area contributed by atoms with Gasteiger partial charge in [0.2, 0.25) is 5.28 Å². The number of carbonyl (C=O) groups excluding carboxylic acids is 1. The molecule has 0 atom stereocenters. The van der Waals surface area contributed by atoms with Crippen molar-refractivity contribution < 1.29 is 9.53 Å². The number of imidazole rings is 1.